The molecule has 0 fully saturated rings. The Morgan fingerprint density at radius 2 is 0.737 bits per heavy atom. The summed E-state index contributed by atoms with van der Waals surface area (Å²) in [5.74, 6) is 1.73. The number of hydrogen-bond donors (Lipinski definition) is 0. The van der Waals surface area contributed by atoms with Crippen LogP contribution in [0.2, 0.25) is 0 Å². The normalized spacial score (nSPS) is 13.1. The molecule has 0 atom stereocenters. The largest absolute Gasteiger partial charge is 0.456 e. The summed E-state index contributed by atoms with van der Waals surface area (Å²) in [6.45, 7) is 0. The minimum Gasteiger partial charge on any atom is -0.456 e. The molecule has 4 heterocycles. The van der Waals surface area contributed by atoms with Crippen molar-refractivity contribution in [3.05, 3.63) is 259 Å². The van der Waals surface area contributed by atoms with Gasteiger partial charge in [-0.2, -0.15) is 0 Å². The van der Waals surface area contributed by atoms with Crippen molar-refractivity contribution < 1.29 is 8.83 Å². The van der Waals surface area contributed by atoms with Gasteiger partial charge in [0, 0.05) is 58.4 Å². The number of furan rings is 2. The molecule has 0 N–H and O–H groups in total. The molecule has 11 aromatic carbocycles. The molecule has 352 valence electrons. The molecule has 2 aliphatic carbocycles. The van der Waals surface area contributed by atoms with Gasteiger partial charge in [-0.15, -0.1) is 11.3 Å². The monoisotopic (exact) mass is 985 g/mol. The van der Waals surface area contributed by atoms with Gasteiger partial charge in [0.15, 0.2) is 17.5 Å². The van der Waals surface area contributed by atoms with Crippen LogP contribution in [0.5, 0.6) is 0 Å². The summed E-state index contributed by atoms with van der Waals surface area (Å²) in [5.41, 5.74) is 20.6. The predicted octanol–water partition coefficient (Wildman–Crippen LogP) is 18.7. The molecular weight excluding hydrogens is 947 g/mol. The van der Waals surface area contributed by atoms with Crippen LogP contribution >= 0.6 is 11.3 Å². The molecule has 0 amide bonds. The summed E-state index contributed by atoms with van der Waals surface area (Å²) in [6.07, 6.45) is 0. The van der Waals surface area contributed by atoms with E-state index < -0.39 is 5.41 Å². The molecule has 1 spiro atoms. The first kappa shape index (κ1) is 41.7. The lowest BCUT2D eigenvalue weighted by Crippen LogP contribution is -2.25. The van der Waals surface area contributed by atoms with Crippen LogP contribution in [-0.2, 0) is 5.41 Å². The number of aromatic nitrogens is 3. The third-order valence-corrected chi connectivity index (χ3v) is 17.3. The maximum Gasteiger partial charge on any atom is 0.164 e. The van der Waals surface area contributed by atoms with Crippen LogP contribution in [0.15, 0.2) is 245 Å². The van der Waals surface area contributed by atoms with E-state index in [2.05, 4.69) is 194 Å². The first-order chi connectivity index (χ1) is 37.6. The van der Waals surface area contributed by atoms with Crippen molar-refractivity contribution in [2.24, 2.45) is 0 Å². The fraction of sp³-hybridized carbons (Fsp3) is 0.0143. The number of thiophene rings is 1. The highest BCUT2D eigenvalue weighted by atomic mass is 32.1. The van der Waals surface area contributed by atoms with Gasteiger partial charge >= 0.3 is 0 Å². The summed E-state index contributed by atoms with van der Waals surface area (Å²) in [4.78, 5) is 16.0. The fourth-order valence-electron chi connectivity index (χ4n) is 12.9. The second-order valence-corrected chi connectivity index (χ2v) is 21.2. The van der Waals surface area contributed by atoms with Gasteiger partial charge in [-0.05, 0) is 115 Å². The van der Waals surface area contributed by atoms with E-state index in [9.17, 15) is 0 Å². The molecule has 15 aromatic rings. The molecule has 0 aliphatic heterocycles. The zero-order valence-electron chi connectivity index (χ0n) is 40.6. The Morgan fingerprint density at radius 1 is 0.276 bits per heavy atom. The molecule has 17 rings (SSSR count). The predicted molar refractivity (Wildman–Crippen MR) is 311 cm³/mol. The van der Waals surface area contributed by atoms with Crippen molar-refractivity contribution in [1.29, 1.82) is 0 Å². The van der Waals surface area contributed by atoms with E-state index in [-0.39, 0.29) is 0 Å². The summed E-state index contributed by atoms with van der Waals surface area (Å²) in [7, 11) is 0. The van der Waals surface area contributed by atoms with Crippen LogP contribution < -0.4 is 0 Å². The molecule has 0 radical (unpaired) electrons. The molecule has 6 heteroatoms. The van der Waals surface area contributed by atoms with Crippen LogP contribution in [0.25, 0.3) is 143 Å². The zero-order valence-corrected chi connectivity index (χ0v) is 41.4. The topological polar surface area (TPSA) is 65.0 Å². The lowest BCUT2D eigenvalue weighted by atomic mass is 9.70. The highest BCUT2D eigenvalue weighted by molar-refractivity contribution is 7.25. The molecular formula is C70H39N3O2S. The zero-order chi connectivity index (χ0) is 49.6. The van der Waals surface area contributed by atoms with E-state index in [4.69, 9.17) is 23.8 Å². The third-order valence-electron chi connectivity index (χ3n) is 16.2. The van der Waals surface area contributed by atoms with Crippen molar-refractivity contribution in [3.63, 3.8) is 0 Å². The molecule has 0 saturated carbocycles. The van der Waals surface area contributed by atoms with Crippen molar-refractivity contribution >= 4 is 75.4 Å². The first-order valence-electron chi connectivity index (χ1n) is 25.7. The minimum atomic E-state index is -0.391. The number of rotatable bonds is 5. The van der Waals surface area contributed by atoms with Gasteiger partial charge in [-0.3, -0.25) is 0 Å². The Hall–Kier alpha value is -9.75. The van der Waals surface area contributed by atoms with Crippen molar-refractivity contribution in [2.75, 3.05) is 0 Å². The minimum absolute atomic E-state index is 0.391. The van der Waals surface area contributed by atoms with Crippen molar-refractivity contribution in [2.45, 2.75) is 5.41 Å². The number of nitrogens with zero attached hydrogens (tertiary/aromatic N) is 3. The Morgan fingerprint density at radius 3 is 1.41 bits per heavy atom. The number of fused-ring (bicyclic) bond motifs is 19. The van der Waals surface area contributed by atoms with Crippen LogP contribution in [-0.4, -0.2) is 15.0 Å². The summed E-state index contributed by atoms with van der Waals surface area (Å²) in [5, 5.41) is 6.40. The summed E-state index contributed by atoms with van der Waals surface area (Å²) in [6, 6.07) is 85.1. The maximum absolute atomic E-state index is 6.65. The Bertz CT molecular complexity index is 4900. The maximum atomic E-state index is 6.65. The van der Waals surface area contributed by atoms with Gasteiger partial charge in [0.25, 0.3) is 0 Å². The van der Waals surface area contributed by atoms with Crippen LogP contribution in [0, 0.1) is 0 Å². The number of para-hydroxylation sites is 1. The lowest BCUT2D eigenvalue weighted by molar-refractivity contribution is 0.668. The lowest BCUT2D eigenvalue weighted by Gasteiger charge is -2.30. The summed E-state index contributed by atoms with van der Waals surface area (Å²) < 4.78 is 15.5. The quantitative estimate of drug-likeness (QED) is 0.172. The fourth-order valence-corrected chi connectivity index (χ4v) is 14.0. The second-order valence-electron chi connectivity index (χ2n) is 20.1. The highest BCUT2D eigenvalue weighted by Crippen LogP contribution is 2.63. The second kappa shape index (κ2) is 15.6. The standard InChI is InChI=1S/C70H39N3O2S/c1-6-20-55-45(13-1)46-14-2-7-21-56(46)70(55)57-22-8-3-15-47(57)48-34-31-43(38-58(48)70)41-29-27-40(28-30-41)42-33-36-60-54(37-42)66-53(19-12-25-62(66)75-60)69-72-67(44-32-35-50-49-16-5-10-26-63(49)76-64(50)39-44)71-68(73-69)52-18-11-24-61-65(52)51-17-4-9-23-59(51)74-61/h1-39H. The molecule has 0 bridgehead atoms. The van der Waals surface area contributed by atoms with E-state index in [1.54, 1.807) is 11.3 Å². The average molecular weight is 986 g/mol. The van der Waals surface area contributed by atoms with Gasteiger partial charge < -0.3 is 8.83 Å². The van der Waals surface area contributed by atoms with Crippen LogP contribution in [0.3, 0.4) is 0 Å². The molecule has 76 heavy (non-hydrogen) atoms. The number of benzene rings is 11. The van der Waals surface area contributed by atoms with Crippen molar-refractivity contribution in [1.82, 2.24) is 15.0 Å². The molecule has 0 saturated heterocycles. The first-order valence-corrected chi connectivity index (χ1v) is 26.5. The van der Waals surface area contributed by atoms with Gasteiger partial charge in [0.2, 0.25) is 0 Å². The number of hydrogen-bond acceptors (Lipinski definition) is 6. The smallest absolute Gasteiger partial charge is 0.164 e. The molecule has 5 nitrogen and oxygen atoms in total. The Balaban J connectivity index is 0.793. The average Bonchev–Trinajstić information content (AvgIpc) is 4.34. The Kier molecular flexibility index (Phi) is 8.58. The summed E-state index contributed by atoms with van der Waals surface area (Å²) >= 11 is 1.79. The molecule has 4 aromatic heterocycles. The van der Waals surface area contributed by atoms with Gasteiger partial charge in [-0.1, -0.05) is 188 Å². The van der Waals surface area contributed by atoms with E-state index in [0.29, 0.717) is 17.5 Å². The van der Waals surface area contributed by atoms with Crippen molar-refractivity contribution in [3.8, 4) is 78.7 Å². The molecule has 0 unspecified atom stereocenters. The third kappa shape index (κ3) is 5.81. The van der Waals surface area contributed by atoms with E-state index >= 15 is 0 Å². The highest BCUT2D eigenvalue weighted by Gasteiger charge is 2.51. The van der Waals surface area contributed by atoms with E-state index in [0.717, 1.165) is 71.7 Å². The van der Waals surface area contributed by atoms with E-state index in [1.807, 2.05) is 42.5 Å². The van der Waals surface area contributed by atoms with Crippen LogP contribution in [0.4, 0.5) is 0 Å². The Labute approximate surface area is 439 Å². The van der Waals surface area contributed by atoms with Gasteiger partial charge in [-0.25, -0.2) is 15.0 Å². The van der Waals surface area contributed by atoms with Gasteiger partial charge in [0.1, 0.15) is 22.3 Å². The van der Waals surface area contributed by atoms with E-state index in [1.165, 1.54) is 75.8 Å². The SMILES string of the molecule is c1ccc2c(c1)-c1ccccc1C21c2ccccc2-c2ccc(-c3ccc(-c4ccc5oc6cccc(-c7nc(-c8ccc9c(c8)sc8ccccc89)nc(-c8cccc9oc%10ccccc%10c89)n7)c6c5c4)cc3)cc21. The molecule has 2 aliphatic rings. The van der Waals surface area contributed by atoms with Crippen LogP contribution in [0.1, 0.15) is 22.3 Å². The van der Waals surface area contributed by atoms with Gasteiger partial charge in [0.05, 0.1) is 5.41 Å².